The molecule has 0 spiro atoms. The van der Waals surface area contributed by atoms with Crippen molar-refractivity contribution in [3.63, 3.8) is 0 Å². The Kier molecular flexibility index (Phi) is 4.78. The molecule has 2 heterocycles. The van der Waals surface area contributed by atoms with Crippen molar-refractivity contribution in [2.45, 2.75) is 29.2 Å². The van der Waals surface area contributed by atoms with Crippen LogP contribution in [0.5, 0.6) is 0 Å². The van der Waals surface area contributed by atoms with E-state index >= 15 is 0 Å². The second-order valence-electron chi connectivity index (χ2n) is 6.09. The van der Waals surface area contributed by atoms with Crippen LogP contribution < -0.4 is 10.6 Å². The zero-order chi connectivity index (χ0) is 18.2. The molecule has 0 aliphatic carbocycles. The van der Waals surface area contributed by atoms with E-state index in [9.17, 15) is 14.7 Å². The van der Waals surface area contributed by atoms with Gasteiger partial charge in [-0.2, -0.15) is 0 Å². The summed E-state index contributed by atoms with van der Waals surface area (Å²) in [4.78, 5) is 26.4. The summed E-state index contributed by atoms with van der Waals surface area (Å²) in [5, 5.41) is 16.7. The number of carbonyl (C=O) groups is 2. The monoisotopic (exact) mass is 379 g/mol. The second kappa shape index (κ2) is 6.59. The molecule has 1 aromatic carbocycles. The minimum absolute atomic E-state index is 0.305. The average Bonchev–Trinajstić information content (AvgIpc) is 3.00. The molecule has 2 amide bonds. The molecule has 1 aliphatic rings. The first-order valence-corrected chi connectivity index (χ1v) is 10.3. The fourth-order valence-electron chi connectivity index (χ4n) is 3.15. The van der Waals surface area contributed by atoms with Gasteiger partial charge in [0, 0.05) is 23.5 Å². The van der Waals surface area contributed by atoms with Gasteiger partial charge >= 0.3 is 0 Å². The number of fused-ring (bicyclic) bond motifs is 1. The van der Waals surface area contributed by atoms with Crippen molar-refractivity contribution in [2.75, 3.05) is 12.5 Å². The van der Waals surface area contributed by atoms with Crippen molar-refractivity contribution in [1.29, 1.82) is 0 Å². The van der Waals surface area contributed by atoms with Crippen LogP contribution in [0.4, 0.5) is 0 Å². The lowest BCUT2D eigenvalue weighted by atomic mass is 9.98. The molecule has 8 heteroatoms. The van der Waals surface area contributed by atoms with Crippen molar-refractivity contribution in [2.24, 2.45) is 0 Å². The molecular formula is C17H21N3O3S2. The number of amides is 2. The topological polar surface area (TPSA) is 94.2 Å². The number of H-pyrrole nitrogens is 1. The minimum atomic E-state index is -1.36. The highest BCUT2D eigenvalue weighted by Gasteiger charge is 2.55. The highest BCUT2D eigenvalue weighted by atomic mass is 32.2. The molecule has 3 rings (SSSR count). The third-order valence-electron chi connectivity index (χ3n) is 4.69. The number of carbonyl (C=O) groups excluding carboxylic acids is 2. The Balaban J connectivity index is 1.96. The Morgan fingerprint density at radius 1 is 1.12 bits per heavy atom. The SMILES string of the molecule is CS[C@@]1(Cc2c[nH]c3ccccc23)NC(=O)[C@@](SC)([C@@H](C)O)NC1=O. The lowest BCUT2D eigenvalue weighted by Crippen LogP contribution is -2.76. The Morgan fingerprint density at radius 3 is 2.48 bits per heavy atom. The molecule has 4 N–H and O–H groups in total. The molecule has 1 aromatic heterocycles. The van der Waals surface area contributed by atoms with Crippen molar-refractivity contribution in [1.82, 2.24) is 15.6 Å². The Hall–Kier alpha value is -1.64. The van der Waals surface area contributed by atoms with E-state index in [-0.39, 0.29) is 11.8 Å². The highest BCUT2D eigenvalue weighted by molar-refractivity contribution is 8.01. The number of hydrogen-bond donors (Lipinski definition) is 4. The smallest absolute Gasteiger partial charge is 0.260 e. The summed E-state index contributed by atoms with van der Waals surface area (Å²) >= 11 is 2.41. The van der Waals surface area contributed by atoms with Crippen LogP contribution in [0.25, 0.3) is 10.9 Å². The first kappa shape index (κ1) is 18.2. The average molecular weight is 380 g/mol. The number of aromatic amines is 1. The number of rotatable bonds is 5. The number of aromatic nitrogens is 1. The molecule has 6 nitrogen and oxygen atoms in total. The van der Waals surface area contributed by atoms with Gasteiger partial charge in [-0.1, -0.05) is 18.2 Å². The van der Waals surface area contributed by atoms with Gasteiger partial charge in [-0.25, -0.2) is 0 Å². The van der Waals surface area contributed by atoms with Gasteiger partial charge in [-0.15, -0.1) is 23.5 Å². The van der Waals surface area contributed by atoms with E-state index in [0.717, 1.165) is 28.2 Å². The Bertz CT molecular complexity index is 822. The second-order valence-corrected chi connectivity index (χ2v) is 8.25. The molecule has 0 saturated carbocycles. The van der Waals surface area contributed by atoms with Gasteiger partial charge in [0.05, 0.1) is 6.10 Å². The number of aliphatic hydroxyl groups is 1. The third kappa shape index (κ3) is 2.82. The van der Waals surface area contributed by atoms with Crippen LogP contribution in [-0.2, 0) is 16.0 Å². The van der Waals surface area contributed by atoms with Crippen molar-refractivity contribution < 1.29 is 14.7 Å². The van der Waals surface area contributed by atoms with Crippen LogP contribution in [0.3, 0.4) is 0 Å². The van der Waals surface area contributed by atoms with Gasteiger partial charge in [0.25, 0.3) is 11.8 Å². The van der Waals surface area contributed by atoms with Gasteiger partial charge in [0.2, 0.25) is 0 Å². The molecular weight excluding hydrogens is 358 g/mol. The first-order chi connectivity index (χ1) is 11.9. The Labute approximate surface area is 154 Å². The molecule has 1 aliphatic heterocycles. The number of hydrogen-bond acceptors (Lipinski definition) is 5. The number of nitrogens with one attached hydrogen (secondary N) is 3. The van der Waals surface area contributed by atoms with E-state index in [2.05, 4.69) is 15.6 Å². The number of para-hydroxylation sites is 1. The van der Waals surface area contributed by atoms with E-state index in [0.29, 0.717) is 6.42 Å². The largest absolute Gasteiger partial charge is 0.389 e. The van der Waals surface area contributed by atoms with Crippen molar-refractivity contribution in [3.05, 3.63) is 36.0 Å². The summed E-state index contributed by atoms with van der Waals surface area (Å²) in [6.07, 6.45) is 4.69. The summed E-state index contributed by atoms with van der Waals surface area (Å²) in [5.41, 5.74) is 1.94. The predicted molar refractivity (Wildman–Crippen MR) is 102 cm³/mol. The maximum absolute atomic E-state index is 13.0. The number of piperazine rings is 1. The molecule has 0 unspecified atom stereocenters. The molecule has 1 saturated heterocycles. The van der Waals surface area contributed by atoms with E-state index in [1.807, 2.05) is 30.5 Å². The third-order valence-corrected chi connectivity index (χ3v) is 7.09. The van der Waals surface area contributed by atoms with Crippen LogP contribution in [-0.4, -0.2) is 50.3 Å². The fourth-order valence-corrected chi connectivity index (χ4v) is 4.66. The summed E-state index contributed by atoms with van der Waals surface area (Å²) in [7, 11) is 0. The first-order valence-electron chi connectivity index (χ1n) is 7.87. The summed E-state index contributed by atoms with van der Waals surface area (Å²) in [5.74, 6) is -0.691. The lowest BCUT2D eigenvalue weighted by molar-refractivity contribution is -0.142. The molecule has 3 atom stereocenters. The van der Waals surface area contributed by atoms with Gasteiger partial charge in [-0.3, -0.25) is 9.59 Å². The number of benzene rings is 1. The van der Waals surface area contributed by atoms with Crippen LogP contribution >= 0.6 is 23.5 Å². The quantitative estimate of drug-likeness (QED) is 0.631. The van der Waals surface area contributed by atoms with E-state index in [1.165, 1.54) is 18.7 Å². The van der Waals surface area contributed by atoms with Crippen LogP contribution in [0, 0.1) is 0 Å². The fraction of sp³-hybridized carbons (Fsp3) is 0.412. The van der Waals surface area contributed by atoms with Crippen LogP contribution in [0.1, 0.15) is 12.5 Å². The minimum Gasteiger partial charge on any atom is -0.389 e. The van der Waals surface area contributed by atoms with Crippen molar-refractivity contribution >= 4 is 46.2 Å². The number of thioether (sulfide) groups is 2. The highest BCUT2D eigenvalue weighted by Crippen LogP contribution is 2.36. The van der Waals surface area contributed by atoms with E-state index in [4.69, 9.17) is 0 Å². The summed E-state index contributed by atoms with van der Waals surface area (Å²) in [6, 6.07) is 7.84. The predicted octanol–water partition coefficient (Wildman–Crippen LogP) is 1.46. The van der Waals surface area contributed by atoms with Gasteiger partial charge in [-0.05, 0) is 31.1 Å². The van der Waals surface area contributed by atoms with Crippen molar-refractivity contribution in [3.8, 4) is 0 Å². The van der Waals surface area contributed by atoms with Crippen LogP contribution in [0.2, 0.25) is 0 Å². The molecule has 0 radical (unpaired) electrons. The molecule has 25 heavy (non-hydrogen) atoms. The summed E-state index contributed by atoms with van der Waals surface area (Å²) < 4.78 is 0. The standard InChI is InChI=1S/C17H21N3O3S2/c1-10(21)17(25-3)15(23)19-16(24-2,14(22)20-17)8-11-9-18-13-7-5-4-6-12(11)13/h4-7,9-10,18,21H,8H2,1-3H3,(H,19,23)(H,20,22)/t10-,16-,17+/m1/s1. The normalized spacial score (nSPS) is 27.8. The molecule has 0 bridgehead atoms. The Morgan fingerprint density at radius 2 is 1.84 bits per heavy atom. The van der Waals surface area contributed by atoms with Gasteiger partial charge in [0.15, 0.2) is 9.74 Å². The van der Waals surface area contributed by atoms with Gasteiger partial charge < -0.3 is 20.7 Å². The lowest BCUT2D eigenvalue weighted by Gasteiger charge is -2.45. The van der Waals surface area contributed by atoms with Gasteiger partial charge in [0.1, 0.15) is 0 Å². The summed E-state index contributed by atoms with van der Waals surface area (Å²) in [6.45, 7) is 1.50. The molecule has 1 fully saturated rings. The number of aliphatic hydroxyl groups excluding tert-OH is 1. The van der Waals surface area contributed by atoms with Crippen LogP contribution in [0.15, 0.2) is 30.5 Å². The maximum atomic E-state index is 13.0. The zero-order valence-corrected chi connectivity index (χ0v) is 15.9. The molecule has 134 valence electrons. The van der Waals surface area contributed by atoms with E-state index < -0.39 is 15.8 Å². The van der Waals surface area contributed by atoms with E-state index in [1.54, 1.807) is 12.5 Å². The maximum Gasteiger partial charge on any atom is 0.260 e. The molecule has 2 aromatic rings. The zero-order valence-electron chi connectivity index (χ0n) is 14.3.